The molecule has 2 aromatic rings. The van der Waals surface area contributed by atoms with Crippen molar-refractivity contribution in [2.45, 2.75) is 13.8 Å². The van der Waals surface area contributed by atoms with Gasteiger partial charge >= 0.3 is 5.97 Å². The van der Waals surface area contributed by atoms with Gasteiger partial charge < -0.3 is 9.84 Å². The van der Waals surface area contributed by atoms with Crippen LogP contribution in [0.25, 0.3) is 0 Å². The van der Waals surface area contributed by atoms with Gasteiger partial charge in [-0.3, -0.25) is 0 Å². The maximum atomic E-state index is 13.5. The summed E-state index contributed by atoms with van der Waals surface area (Å²) in [5.41, 5.74) is 1.45. The zero-order valence-corrected chi connectivity index (χ0v) is 10.5. The van der Waals surface area contributed by atoms with Crippen molar-refractivity contribution in [3.63, 3.8) is 0 Å². The first-order valence-corrected chi connectivity index (χ1v) is 5.61. The SMILES string of the molecule is Cc1ccc(F)c(Oc2ncc(C(=O)O)cc2C)c1. The van der Waals surface area contributed by atoms with E-state index in [9.17, 15) is 9.18 Å². The molecule has 0 fully saturated rings. The summed E-state index contributed by atoms with van der Waals surface area (Å²) in [6.07, 6.45) is 1.18. The van der Waals surface area contributed by atoms with Crippen LogP contribution in [0.1, 0.15) is 21.5 Å². The van der Waals surface area contributed by atoms with E-state index in [4.69, 9.17) is 9.84 Å². The molecule has 0 aliphatic rings. The Bertz CT molecular complexity index is 641. The molecule has 1 heterocycles. The fraction of sp³-hybridized carbons (Fsp3) is 0.143. The molecule has 0 saturated heterocycles. The van der Waals surface area contributed by atoms with Gasteiger partial charge in [0.25, 0.3) is 0 Å². The summed E-state index contributed by atoms with van der Waals surface area (Å²) >= 11 is 0. The summed E-state index contributed by atoms with van der Waals surface area (Å²) in [6, 6.07) is 5.93. The van der Waals surface area contributed by atoms with Crippen molar-refractivity contribution in [2.24, 2.45) is 0 Å². The second-order valence-corrected chi connectivity index (χ2v) is 4.19. The Morgan fingerprint density at radius 1 is 1.32 bits per heavy atom. The van der Waals surface area contributed by atoms with E-state index >= 15 is 0 Å². The summed E-state index contributed by atoms with van der Waals surface area (Å²) in [4.78, 5) is 14.7. The van der Waals surface area contributed by atoms with Crippen molar-refractivity contribution in [2.75, 3.05) is 0 Å². The van der Waals surface area contributed by atoms with Crippen molar-refractivity contribution in [1.82, 2.24) is 4.98 Å². The van der Waals surface area contributed by atoms with Crippen molar-refractivity contribution in [1.29, 1.82) is 0 Å². The third-order valence-corrected chi connectivity index (χ3v) is 2.57. The molecular formula is C14H12FNO3. The molecule has 0 saturated carbocycles. The first kappa shape index (κ1) is 13.0. The van der Waals surface area contributed by atoms with Crippen LogP contribution in [-0.4, -0.2) is 16.1 Å². The zero-order valence-electron chi connectivity index (χ0n) is 10.5. The van der Waals surface area contributed by atoms with Crippen LogP contribution in [0.3, 0.4) is 0 Å². The highest BCUT2D eigenvalue weighted by Crippen LogP contribution is 2.26. The van der Waals surface area contributed by atoms with Crippen LogP contribution in [0.5, 0.6) is 11.6 Å². The average Bonchev–Trinajstić information content (AvgIpc) is 2.36. The molecule has 1 aromatic heterocycles. The predicted molar refractivity (Wildman–Crippen MR) is 67.1 cm³/mol. The molecule has 19 heavy (non-hydrogen) atoms. The third kappa shape index (κ3) is 2.88. The van der Waals surface area contributed by atoms with Crippen LogP contribution >= 0.6 is 0 Å². The lowest BCUT2D eigenvalue weighted by Gasteiger charge is -2.09. The lowest BCUT2D eigenvalue weighted by molar-refractivity contribution is 0.0696. The number of pyridine rings is 1. The fourth-order valence-electron chi connectivity index (χ4n) is 1.58. The second-order valence-electron chi connectivity index (χ2n) is 4.19. The largest absolute Gasteiger partial charge is 0.478 e. The molecule has 0 spiro atoms. The number of aromatic carboxylic acids is 1. The molecule has 1 N–H and O–H groups in total. The average molecular weight is 261 g/mol. The molecule has 0 radical (unpaired) electrons. The molecular weight excluding hydrogens is 249 g/mol. The number of carboxylic acid groups (broad SMARTS) is 1. The predicted octanol–water partition coefficient (Wildman–Crippen LogP) is 3.33. The molecule has 0 amide bonds. The molecule has 0 unspecified atom stereocenters. The van der Waals surface area contributed by atoms with Crippen LogP contribution in [-0.2, 0) is 0 Å². The Hall–Kier alpha value is -2.43. The van der Waals surface area contributed by atoms with Crippen LogP contribution in [0.4, 0.5) is 4.39 Å². The maximum absolute atomic E-state index is 13.5. The normalized spacial score (nSPS) is 10.3. The van der Waals surface area contributed by atoms with E-state index < -0.39 is 11.8 Å². The molecule has 2 rings (SSSR count). The van der Waals surface area contributed by atoms with Crippen LogP contribution in [0.2, 0.25) is 0 Å². The van der Waals surface area contributed by atoms with Gasteiger partial charge in [-0.25, -0.2) is 14.2 Å². The van der Waals surface area contributed by atoms with Gasteiger partial charge in [0.05, 0.1) is 5.56 Å². The van der Waals surface area contributed by atoms with E-state index in [1.54, 1.807) is 19.1 Å². The molecule has 0 aliphatic heterocycles. The number of rotatable bonds is 3. The summed E-state index contributed by atoms with van der Waals surface area (Å²) < 4.78 is 18.9. The van der Waals surface area contributed by atoms with E-state index in [0.29, 0.717) is 5.56 Å². The lowest BCUT2D eigenvalue weighted by Crippen LogP contribution is -2.00. The molecule has 0 atom stereocenters. The van der Waals surface area contributed by atoms with E-state index in [2.05, 4.69) is 4.98 Å². The Labute approximate surface area is 109 Å². The van der Waals surface area contributed by atoms with Gasteiger partial charge in [0.2, 0.25) is 5.88 Å². The highest BCUT2D eigenvalue weighted by atomic mass is 19.1. The number of aryl methyl sites for hydroxylation is 2. The highest BCUT2D eigenvalue weighted by Gasteiger charge is 2.11. The molecule has 4 nitrogen and oxygen atoms in total. The van der Waals surface area contributed by atoms with Crippen molar-refractivity contribution >= 4 is 5.97 Å². The summed E-state index contributed by atoms with van der Waals surface area (Å²) in [5, 5.41) is 8.83. The topological polar surface area (TPSA) is 59.4 Å². The minimum Gasteiger partial charge on any atom is -0.478 e. The number of carboxylic acids is 1. The molecule has 0 aliphatic carbocycles. The highest BCUT2D eigenvalue weighted by molar-refractivity contribution is 5.87. The van der Waals surface area contributed by atoms with Crippen molar-refractivity contribution < 1.29 is 19.0 Å². The van der Waals surface area contributed by atoms with Crippen LogP contribution in [0.15, 0.2) is 30.5 Å². The number of hydrogen-bond acceptors (Lipinski definition) is 3. The van der Waals surface area contributed by atoms with Crippen LogP contribution in [0, 0.1) is 19.7 Å². The third-order valence-electron chi connectivity index (χ3n) is 2.57. The van der Waals surface area contributed by atoms with Gasteiger partial charge in [-0.2, -0.15) is 0 Å². The Kier molecular flexibility index (Phi) is 3.46. The Balaban J connectivity index is 2.33. The summed E-state index contributed by atoms with van der Waals surface area (Å²) in [7, 11) is 0. The van der Waals surface area contributed by atoms with Gasteiger partial charge in [0.15, 0.2) is 11.6 Å². The number of halogens is 1. The first-order chi connectivity index (χ1) is 8.97. The number of benzene rings is 1. The van der Waals surface area contributed by atoms with Crippen molar-refractivity contribution in [3.05, 3.63) is 53.0 Å². The van der Waals surface area contributed by atoms with Crippen LogP contribution < -0.4 is 4.74 Å². The fourth-order valence-corrected chi connectivity index (χ4v) is 1.58. The minimum absolute atomic E-state index is 0.0644. The van der Waals surface area contributed by atoms with Gasteiger partial charge in [-0.1, -0.05) is 6.07 Å². The smallest absolute Gasteiger partial charge is 0.337 e. The number of aromatic nitrogens is 1. The summed E-state index contributed by atoms with van der Waals surface area (Å²) in [6.45, 7) is 3.47. The van der Waals surface area contributed by atoms with Gasteiger partial charge in [0, 0.05) is 11.8 Å². The van der Waals surface area contributed by atoms with Crippen molar-refractivity contribution in [3.8, 4) is 11.6 Å². The molecule has 98 valence electrons. The number of ether oxygens (including phenoxy) is 1. The first-order valence-electron chi connectivity index (χ1n) is 5.61. The number of hydrogen-bond donors (Lipinski definition) is 1. The molecule has 5 heteroatoms. The second kappa shape index (κ2) is 5.06. The Morgan fingerprint density at radius 3 is 2.68 bits per heavy atom. The van der Waals surface area contributed by atoms with E-state index in [1.165, 1.54) is 18.3 Å². The minimum atomic E-state index is -1.07. The molecule has 1 aromatic carbocycles. The van der Waals surface area contributed by atoms with E-state index in [1.807, 2.05) is 6.92 Å². The van der Waals surface area contributed by atoms with Gasteiger partial charge in [-0.15, -0.1) is 0 Å². The molecule has 0 bridgehead atoms. The number of nitrogens with zero attached hydrogens (tertiary/aromatic N) is 1. The van der Waals surface area contributed by atoms with Gasteiger partial charge in [0.1, 0.15) is 0 Å². The maximum Gasteiger partial charge on any atom is 0.337 e. The van der Waals surface area contributed by atoms with E-state index in [-0.39, 0.29) is 17.2 Å². The zero-order chi connectivity index (χ0) is 14.0. The Morgan fingerprint density at radius 2 is 2.05 bits per heavy atom. The summed E-state index contributed by atoms with van der Waals surface area (Å²) in [5.74, 6) is -1.30. The van der Waals surface area contributed by atoms with Gasteiger partial charge in [-0.05, 0) is 37.6 Å². The lowest BCUT2D eigenvalue weighted by atomic mass is 10.2. The quantitative estimate of drug-likeness (QED) is 0.920. The number of carbonyl (C=O) groups is 1. The van der Waals surface area contributed by atoms with E-state index in [0.717, 1.165) is 5.56 Å². The monoisotopic (exact) mass is 261 g/mol. The standard InChI is InChI=1S/C14H12FNO3/c1-8-3-4-11(15)12(5-8)19-13-9(2)6-10(7-16-13)14(17)18/h3-7H,1-2H3,(H,17,18).